The van der Waals surface area contributed by atoms with E-state index in [1.54, 1.807) is 0 Å². The van der Waals surface area contributed by atoms with Gasteiger partial charge in [0.2, 0.25) is 0 Å². The lowest BCUT2D eigenvalue weighted by Gasteiger charge is -2.31. The second-order valence-corrected chi connectivity index (χ2v) is 5.32. The van der Waals surface area contributed by atoms with E-state index < -0.39 is 46.8 Å². The van der Waals surface area contributed by atoms with Crippen molar-refractivity contribution in [2.75, 3.05) is 0 Å². The Bertz CT molecular complexity index is 542. The van der Waals surface area contributed by atoms with Crippen molar-refractivity contribution in [3.63, 3.8) is 0 Å². The van der Waals surface area contributed by atoms with Crippen molar-refractivity contribution < 1.29 is 37.7 Å². The number of aliphatic hydroxyl groups is 1. The molecule has 1 aromatic rings. The lowest BCUT2D eigenvalue weighted by atomic mass is 10.0. The number of carboxylic acids is 1. The number of hydrogen-bond donors (Lipinski definition) is 2. The average Bonchev–Trinajstić information content (AvgIpc) is 2.40. The molecule has 22 heavy (non-hydrogen) atoms. The maximum atomic E-state index is 13.5. The van der Waals surface area contributed by atoms with Crippen LogP contribution in [-0.4, -0.2) is 34.4 Å². The first-order valence-corrected chi connectivity index (χ1v) is 6.03. The van der Waals surface area contributed by atoms with Gasteiger partial charge >= 0.3 is 5.97 Å². The fraction of sp³-hybridized carbons (Fsp3) is 0.429. The Balaban J connectivity index is 0.00000211. The summed E-state index contributed by atoms with van der Waals surface area (Å²) in [6, 6.07) is 1.50. The second-order valence-electron chi connectivity index (χ2n) is 5.32. The highest BCUT2D eigenvalue weighted by molar-refractivity contribution is 5.75. The molecule has 0 aliphatic heterocycles. The van der Waals surface area contributed by atoms with Gasteiger partial charge in [0, 0.05) is 6.42 Å². The van der Waals surface area contributed by atoms with E-state index in [9.17, 15) is 23.1 Å². The summed E-state index contributed by atoms with van der Waals surface area (Å²) in [7, 11) is 0. The molecular formula is C14H17F3O5. The Hall–Kier alpha value is -1.93. The van der Waals surface area contributed by atoms with Crippen LogP contribution in [0.1, 0.15) is 26.3 Å². The Morgan fingerprint density at radius 1 is 1.18 bits per heavy atom. The molecule has 0 spiro atoms. The van der Waals surface area contributed by atoms with Crippen molar-refractivity contribution in [2.24, 2.45) is 0 Å². The van der Waals surface area contributed by atoms with Gasteiger partial charge in [0.1, 0.15) is 6.79 Å². The van der Waals surface area contributed by atoms with Gasteiger partial charge in [0.05, 0.1) is 5.60 Å². The van der Waals surface area contributed by atoms with Crippen molar-refractivity contribution in [3.8, 4) is 0 Å². The first-order valence-electron chi connectivity index (χ1n) is 6.03. The number of hydrogen-bond acceptors (Lipinski definition) is 4. The van der Waals surface area contributed by atoms with Crippen LogP contribution in [0.4, 0.5) is 13.2 Å². The van der Waals surface area contributed by atoms with Gasteiger partial charge in [-0.15, -0.1) is 0 Å². The van der Waals surface area contributed by atoms with Crippen LogP contribution < -0.4 is 0 Å². The molecule has 1 rings (SSSR count). The lowest BCUT2D eigenvalue weighted by molar-refractivity contribution is -0.255. The SMILES string of the molecule is C=O.CC(C)(C)OC(O)(Cc1ccc(F)c(F)c1F)C(=O)O. The van der Waals surface area contributed by atoms with Crippen LogP contribution >= 0.6 is 0 Å². The summed E-state index contributed by atoms with van der Waals surface area (Å²) in [4.78, 5) is 19.1. The summed E-state index contributed by atoms with van der Waals surface area (Å²) in [5.74, 6) is -9.19. The van der Waals surface area contributed by atoms with E-state index in [-0.39, 0.29) is 0 Å². The number of carboxylic acid groups (broad SMARTS) is 1. The molecule has 0 bridgehead atoms. The minimum atomic E-state index is -2.75. The summed E-state index contributed by atoms with van der Waals surface area (Å²) < 4.78 is 44.4. The molecule has 1 unspecified atom stereocenters. The highest BCUT2D eigenvalue weighted by Gasteiger charge is 2.42. The largest absolute Gasteiger partial charge is 0.477 e. The molecule has 1 aromatic carbocycles. The topological polar surface area (TPSA) is 83.8 Å². The molecule has 0 saturated carbocycles. The number of halogens is 3. The number of ether oxygens (including phenoxy) is 1. The van der Waals surface area contributed by atoms with Crippen molar-refractivity contribution in [1.82, 2.24) is 0 Å². The first-order chi connectivity index (χ1) is 9.96. The zero-order chi connectivity index (χ0) is 17.7. The zero-order valence-corrected chi connectivity index (χ0v) is 12.3. The molecular weight excluding hydrogens is 305 g/mol. The standard InChI is InChI=1S/C13H15F3O4.CH2O/c1-12(2,3)20-13(19,11(17)18)6-7-4-5-8(14)10(16)9(7)15;1-2/h4-5,19H,6H2,1-3H3,(H,17,18);1H2. The Labute approximate surface area is 125 Å². The van der Waals surface area contributed by atoms with E-state index in [4.69, 9.17) is 14.6 Å². The Morgan fingerprint density at radius 3 is 2.09 bits per heavy atom. The molecule has 8 heteroatoms. The molecule has 0 saturated heterocycles. The van der Waals surface area contributed by atoms with Crippen molar-refractivity contribution in [1.29, 1.82) is 0 Å². The maximum Gasteiger partial charge on any atom is 0.364 e. The van der Waals surface area contributed by atoms with Crippen molar-refractivity contribution >= 4 is 12.8 Å². The molecule has 0 aliphatic rings. The van der Waals surface area contributed by atoms with Gasteiger partial charge in [-0.25, -0.2) is 18.0 Å². The summed E-state index contributed by atoms with van der Waals surface area (Å²) in [6.07, 6.45) is -0.858. The summed E-state index contributed by atoms with van der Waals surface area (Å²) in [5, 5.41) is 19.0. The minimum absolute atomic E-state index is 0.502. The Kier molecular flexibility index (Phi) is 6.72. The van der Waals surface area contributed by atoms with E-state index in [0.717, 1.165) is 6.07 Å². The van der Waals surface area contributed by atoms with Crippen molar-refractivity contribution in [2.45, 2.75) is 38.6 Å². The zero-order valence-electron chi connectivity index (χ0n) is 12.3. The van der Waals surface area contributed by atoms with Crippen LogP contribution in [-0.2, 0) is 20.7 Å². The number of carbonyl (C=O) groups is 2. The van der Waals surface area contributed by atoms with E-state index in [0.29, 0.717) is 6.07 Å². The summed E-state index contributed by atoms with van der Waals surface area (Å²) in [6.45, 7) is 6.47. The summed E-state index contributed by atoms with van der Waals surface area (Å²) in [5.41, 5.74) is -1.54. The predicted molar refractivity (Wildman–Crippen MR) is 70.6 cm³/mol. The lowest BCUT2D eigenvalue weighted by Crippen LogP contribution is -2.48. The molecule has 0 heterocycles. The molecule has 0 fully saturated rings. The normalized spacial score (nSPS) is 13.8. The number of aliphatic carboxylic acids is 1. The maximum absolute atomic E-state index is 13.5. The van der Waals surface area contributed by atoms with Gasteiger partial charge < -0.3 is 19.7 Å². The van der Waals surface area contributed by atoms with Gasteiger partial charge in [-0.3, -0.25) is 0 Å². The third kappa shape index (κ3) is 5.12. The van der Waals surface area contributed by atoms with E-state index in [2.05, 4.69) is 0 Å². The fourth-order valence-corrected chi connectivity index (χ4v) is 1.62. The highest BCUT2D eigenvalue weighted by atomic mass is 19.2. The average molecular weight is 322 g/mol. The van der Waals surface area contributed by atoms with Gasteiger partial charge in [-0.2, -0.15) is 0 Å². The van der Waals surface area contributed by atoms with Crippen LogP contribution in [0, 0.1) is 17.5 Å². The number of rotatable bonds is 4. The monoisotopic (exact) mass is 322 g/mol. The molecule has 2 N–H and O–H groups in total. The molecule has 0 aliphatic carbocycles. The van der Waals surface area contributed by atoms with Crippen LogP contribution in [0.2, 0.25) is 0 Å². The highest BCUT2D eigenvalue weighted by Crippen LogP contribution is 2.25. The fourth-order valence-electron chi connectivity index (χ4n) is 1.62. The third-order valence-corrected chi connectivity index (χ3v) is 2.35. The molecule has 124 valence electrons. The van der Waals surface area contributed by atoms with Gasteiger partial charge in [0.25, 0.3) is 5.79 Å². The van der Waals surface area contributed by atoms with Crippen LogP contribution in [0.15, 0.2) is 12.1 Å². The van der Waals surface area contributed by atoms with Crippen LogP contribution in [0.25, 0.3) is 0 Å². The second kappa shape index (κ2) is 7.37. The van der Waals surface area contributed by atoms with Crippen molar-refractivity contribution in [3.05, 3.63) is 35.1 Å². The van der Waals surface area contributed by atoms with E-state index >= 15 is 0 Å². The van der Waals surface area contributed by atoms with E-state index in [1.165, 1.54) is 20.8 Å². The molecule has 0 amide bonds. The predicted octanol–water partition coefficient (Wildman–Crippen LogP) is 2.05. The third-order valence-electron chi connectivity index (χ3n) is 2.35. The molecule has 5 nitrogen and oxygen atoms in total. The molecule has 0 aromatic heterocycles. The smallest absolute Gasteiger partial charge is 0.364 e. The van der Waals surface area contributed by atoms with Gasteiger partial charge in [-0.05, 0) is 32.4 Å². The minimum Gasteiger partial charge on any atom is -0.477 e. The number of carbonyl (C=O) groups excluding carboxylic acids is 1. The van der Waals surface area contributed by atoms with Crippen LogP contribution in [0.3, 0.4) is 0 Å². The number of benzene rings is 1. The van der Waals surface area contributed by atoms with Gasteiger partial charge in [0.15, 0.2) is 17.5 Å². The summed E-state index contributed by atoms with van der Waals surface area (Å²) >= 11 is 0. The quantitative estimate of drug-likeness (QED) is 0.655. The van der Waals surface area contributed by atoms with Gasteiger partial charge in [-0.1, -0.05) is 6.07 Å². The Morgan fingerprint density at radius 2 is 1.68 bits per heavy atom. The first kappa shape index (κ1) is 20.1. The molecule has 0 radical (unpaired) electrons. The van der Waals surface area contributed by atoms with Crippen LogP contribution in [0.5, 0.6) is 0 Å². The van der Waals surface area contributed by atoms with E-state index in [1.807, 2.05) is 6.79 Å². The molecule has 1 atom stereocenters.